The number of hydrogen-bond donors (Lipinski definition) is 0. The second-order valence-electron chi connectivity index (χ2n) is 6.24. The number of carbonyl (C=O) groups is 2. The van der Waals surface area contributed by atoms with Gasteiger partial charge in [0.1, 0.15) is 5.60 Å². The third-order valence-electron chi connectivity index (χ3n) is 4.27. The summed E-state index contributed by atoms with van der Waals surface area (Å²) < 4.78 is 10.9. The first-order valence-corrected chi connectivity index (χ1v) is 7.73. The molecule has 0 aromatic heterocycles. The van der Waals surface area contributed by atoms with Crippen molar-refractivity contribution >= 4 is 24.3 Å². The topological polar surface area (TPSA) is 55.8 Å². The fourth-order valence-electron chi connectivity index (χ4n) is 3.18. The Bertz CT molecular complexity index is 453. The normalized spacial score (nSPS) is 20.1. The quantitative estimate of drug-likeness (QED) is 0.572. The summed E-state index contributed by atoms with van der Waals surface area (Å²) >= 11 is 0. The standard InChI is InChI=1S/C16H25NO4.ClH/c1-12-13(15(19)20-11-7-10-17(2)3)16(21-14(12)18)8-5-4-6-9-16;/h4-11H2,1-3H3;1H. The van der Waals surface area contributed by atoms with Gasteiger partial charge in [0.25, 0.3) is 0 Å². The van der Waals surface area contributed by atoms with Crippen LogP contribution in [0.2, 0.25) is 0 Å². The van der Waals surface area contributed by atoms with Crippen molar-refractivity contribution in [3.05, 3.63) is 11.1 Å². The summed E-state index contributed by atoms with van der Waals surface area (Å²) in [6, 6.07) is 0. The lowest BCUT2D eigenvalue weighted by Crippen LogP contribution is -2.38. The highest BCUT2D eigenvalue weighted by Gasteiger charge is 2.50. The molecule has 0 saturated heterocycles. The molecule has 2 aliphatic rings. The summed E-state index contributed by atoms with van der Waals surface area (Å²) in [6.07, 6.45) is 5.35. The highest BCUT2D eigenvalue weighted by molar-refractivity contribution is 6.05. The van der Waals surface area contributed by atoms with Gasteiger partial charge in [0, 0.05) is 12.1 Å². The summed E-state index contributed by atoms with van der Waals surface area (Å²) in [5, 5.41) is 0. The van der Waals surface area contributed by atoms with E-state index in [1.54, 1.807) is 6.92 Å². The van der Waals surface area contributed by atoms with E-state index in [0.717, 1.165) is 45.1 Å². The van der Waals surface area contributed by atoms with Gasteiger partial charge in [-0.15, -0.1) is 12.4 Å². The van der Waals surface area contributed by atoms with Crippen LogP contribution < -0.4 is 0 Å². The van der Waals surface area contributed by atoms with Gasteiger partial charge in [-0.1, -0.05) is 6.42 Å². The van der Waals surface area contributed by atoms with E-state index in [-0.39, 0.29) is 24.3 Å². The molecule has 1 fully saturated rings. The molecule has 22 heavy (non-hydrogen) atoms. The van der Waals surface area contributed by atoms with E-state index in [4.69, 9.17) is 9.47 Å². The number of hydrogen-bond acceptors (Lipinski definition) is 5. The lowest BCUT2D eigenvalue weighted by atomic mass is 9.79. The van der Waals surface area contributed by atoms with E-state index in [9.17, 15) is 9.59 Å². The van der Waals surface area contributed by atoms with E-state index in [1.165, 1.54) is 0 Å². The summed E-state index contributed by atoms with van der Waals surface area (Å²) in [5.41, 5.74) is 0.185. The van der Waals surface area contributed by atoms with Crippen LogP contribution in [0.5, 0.6) is 0 Å². The first-order valence-electron chi connectivity index (χ1n) is 7.73. The Kier molecular flexibility index (Phi) is 6.88. The average Bonchev–Trinajstić information content (AvgIpc) is 2.66. The number of nitrogens with zero attached hydrogens (tertiary/aromatic N) is 1. The first kappa shape index (κ1) is 19.0. The van der Waals surface area contributed by atoms with Crippen LogP contribution in [0.15, 0.2) is 11.1 Å². The van der Waals surface area contributed by atoms with Crippen LogP contribution in [0.1, 0.15) is 45.4 Å². The first-order chi connectivity index (χ1) is 9.96. The Morgan fingerprint density at radius 2 is 1.91 bits per heavy atom. The van der Waals surface area contributed by atoms with Gasteiger partial charge in [-0.3, -0.25) is 0 Å². The van der Waals surface area contributed by atoms with Gasteiger partial charge in [-0.2, -0.15) is 0 Å². The van der Waals surface area contributed by atoms with Crippen molar-refractivity contribution in [2.75, 3.05) is 27.2 Å². The molecule has 0 amide bonds. The highest BCUT2D eigenvalue weighted by atomic mass is 35.5. The predicted octanol–water partition coefficient (Wildman–Crippen LogP) is 2.48. The molecule has 1 saturated carbocycles. The van der Waals surface area contributed by atoms with Crippen molar-refractivity contribution in [3.63, 3.8) is 0 Å². The molecule has 5 nitrogen and oxygen atoms in total. The maximum atomic E-state index is 12.4. The number of carbonyl (C=O) groups excluding carboxylic acids is 2. The van der Waals surface area contributed by atoms with E-state index >= 15 is 0 Å². The molecule has 0 bridgehead atoms. The summed E-state index contributed by atoms with van der Waals surface area (Å²) in [4.78, 5) is 26.3. The van der Waals surface area contributed by atoms with Crippen LogP contribution in [0.3, 0.4) is 0 Å². The molecule has 1 heterocycles. The minimum Gasteiger partial charge on any atom is -0.462 e. The molecule has 2 rings (SSSR count). The SMILES string of the molecule is CC1=C(C(=O)OCCCN(C)C)C2(CCCCC2)OC1=O.Cl. The molecule has 0 N–H and O–H groups in total. The van der Waals surface area contributed by atoms with Crippen molar-refractivity contribution < 1.29 is 19.1 Å². The average molecular weight is 332 g/mol. The van der Waals surface area contributed by atoms with Gasteiger partial charge in [0.15, 0.2) is 0 Å². The lowest BCUT2D eigenvalue weighted by Gasteiger charge is -2.33. The van der Waals surface area contributed by atoms with Crippen molar-refractivity contribution in [3.8, 4) is 0 Å². The molecule has 6 heteroatoms. The summed E-state index contributed by atoms with van der Waals surface area (Å²) in [7, 11) is 3.96. The molecule has 1 aliphatic carbocycles. The Morgan fingerprint density at radius 1 is 1.27 bits per heavy atom. The van der Waals surface area contributed by atoms with Crippen molar-refractivity contribution in [2.24, 2.45) is 0 Å². The predicted molar refractivity (Wildman–Crippen MR) is 86.0 cm³/mol. The molecule has 0 aromatic carbocycles. The molecular formula is C16H26ClNO4. The molecule has 0 radical (unpaired) electrons. The summed E-state index contributed by atoms with van der Waals surface area (Å²) in [6.45, 7) is 2.91. The largest absolute Gasteiger partial charge is 0.462 e. The highest BCUT2D eigenvalue weighted by Crippen LogP contribution is 2.44. The van der Waals surface area contributed by atoms with Gasteiger partial charge in [-0.05, 0) is 53.1 Å². The van der Waals surface area contributed by atoms with E-state index < -0.39 is 5.60 Å². The minimum atomic E-state index is -0.710. The third kappa shape index (κ3) is 4.02. The third-order valence-corrected chi connectivity index (χ3v) is 4.27. The lowest BCUT2D eigenvalue weighted by molar-refractivity contribution is -0.151. The Balaban J connectivity index is 0.00000242. The monoisotopic (exact) mass is 331 g/mol. The molecule has 0 unspecified atom stereocenters. The van der Waals surface area contributed by atoms with Crippen molar-refractivity contribution in [1.82, 2.24) is 4.90 Å². The second kappa shape index (κ2) is 7.97. The van der Waals surface area contributed by atoms with Crippen LogP contribution >= 0.6 is 12.4 Å². The van der Waals surface area contributed by atoms with Crippen molar-refractivity contribution in [2.45, 2.75) is 51.0 Å². The number of halogens is 1. The Labute approximate surface area is 138 Å². The number of rotatable bonds is 5. The van der Waals surface area contributed by atoms with Crippen LogP contribution in [-0.4, -0.2) is 49.7 Å². The van der Waals surface area contributed by atoms with Crippen LogP contribution in [-0.2, 0) is 19.1 Å². The molecular weight excluding hydrogens is 306 g/mol. The Morgan fingerprint density at radius 3 is 2.50 bits per heavy atom. The Hall–Kier alpha value is -1.07. The smallest absolute Gasteiger partial charge is 0.338 e. The molecule has 1 spiro atoms. The zero-order valence-corrected chi connectivity index (χ0v) is 14.5. The van der Waals surface area contributed by atoms with Gasteiger partial charge in [-0.25, -0.2) is 9.59 Å². The van der Waals surface area contributed by atoms with Gasteiger partial charge >= 0.3 is 11.9 Å². The van der Waals surface area contributed by atoms with Crippen LogP contribution in [0.25, 0.3) is 0 Å². The van der Waals surface area contributed by atoms with E-state index in [1.807, 2.05) is 19.0 Å². The molecule has 0 aromatic rings. The van der Waals surface area contributed by atoms with Gasteiger partial charge in [0.2, 0.25) is 0 Å². The minimum absolute atomic E-state index is 0. The zero-order chi connectivity index (χ0) is 15.5. The zero-order valence-electron chi connectivity index (χ0n) is 13.6. The van der Waals surface area contributed by atoms with Gasteiger partial charge in [0.05, 0.1) is 12.2 Å². The van der Waals surface area contributed by atoms with Crippen molar-refractivity contribution in [1.29, 1.82) is 0 Å². The van der Waals surface area contributed by atoms with E-state index in [0.29, 0.717) is 17.8 Å². The molecule has 1 aliphatic heterocycles. The fraction of sp³-hybridized carbons (Fsp3) is 0.750. The van der Waals surface area contributed by atoms with E-state index in [2.05, 4.69) is 0 Å². The van der Waals surface area contributed by atoms with Gasteiger partial charge < -0.3 is 14.4 Å². The molecule has 126 valence electrons. The maximum Gasteiger partial charge on any atom is 0.338 e. The second-order valence-corrected chi connectivity index (χ2v) is 6.24. The summed E-state index contributed by atoms with van der Waals surface area (Å²) in [5.74, 6) is -0.740. The molecule has 0 atom stereocenters. The number of esters is 2. The fourth-order valence-corrected chi connectivity index (χ4v) is 3.18. The van der Waals surface area contributed by atoms with Crippen LogP contribution in [0.4, 0.5) is 0 Å². The maximum absolute atomic E-state index is 12.4. The van der Waals surface area contributed by atoms with Crippen LogP contribution in [0, 0.1) is 0 Å². The number of ether oxygens (including phenoxy) is 2.